The van der Waals surface area contributed by atoms with Crippen molar-refractivity contribution >= 4 is 0 Å². The van der Waals surface area contributed by atoms with Gasteiger partial charge in [-0.15, -0.1) is 0 Å². The largest absolute Gasteiger partial charge is 0.394 e. The van der Waals surface area contributed by atoms with Crippen molar-refractivity contribution in [1.82, 2.24) is 0 Å². The Bertz CT molecular complexity index is 639. The van der Waals surface area contributed by atoms with Gasteiger partial charge in [-0.25, -0.2) is 0 Å². The summed E-state index contributed by atoms with van der Waals surface area (Å²) in [5.41, 5.74) is 2.69. The highest BCUT2D eigenvalue weighted by Gasteiger charge is 2.59. The molecule has 0 amide bonds. The van der Waals surface area contributed by atoms with Crippen LogP contribution in [0.1, 0.15) is 105 Å². The van der Waals surface area contributed by atoms with E-state index in [0.29, 0.717) is 23.5 Å². The summed E-state index contributed by atoms with van der Waals surface area (Å²) >= 11 is 0. The van der Waals surface area contributed by atoms with Gasteiger partial charge in [-0.1, -0.05) is 65.5 Å². The number of hydrogen-bond acceptors (Lipinski definition) is 2. The third-order valence-corrected chi connectivity index (χ3v) is 10.7. The number of fused-ring (bicyclic) bond motifs is 5. The lowest BCUT2D eigenvalue weighted by Gasteiger charge is -2.58. The highest BCUT2D eigenvalue weighted by molar-refractivity contribution is 5.25. The average Bonchev–Trinajstić information content (AvgIpc) is 3.09. The zero-order chi connectivity index (χ0) is 22.2. The number of aliphatic hydroxyl groups excluding tert-OH is 1. The third-order valence-electron chi connectivity index (χ3n) is 10.7. The van der Waals surface area contributed by atoms with E-state index in [1.54, 1.807) is 5.57 Å². The Balaban J connectivity index is 1.45. The quantitative estimate of drug-likeness (QED) is 0.406. The van der Waals surface area contributed by atoms with Gasteiger partial charge in [-0.3, -0.25) is 0 Å². The molecule has 178 valence electrons. The molecule has 0 aromatic carbocycles. The van der Waals surface area contributed by atoms with Gasteiger partial charge in [0.1, 0.15) is 0 Å². The lowest BCUT2D eigenvalue weighted by Crippen LogP contribution is -2.51. The van der Waals surface area contributed by atoms with Crippen molar-refractivity contribution in [1.29, 1.82) is 0 Å². The second-order valence-electron chi connectivity index (χ2n) is 12.7. The molecule has 8 atom stereocenters. The van der Waals surface area contributed by atoms with E-state index >= 15 is 0 Å². The molecular weight excluding hydrogens is 380 g/mol. The molecule has 0 radical (unpaired) electrons. The SMILES string of the molecule is CC(C)CCC[C@@H](C)[C@H]1CC[C@H]2[C@H]3CC=C4C[C@@H](OCCO)CC[C@]4(C)[C@@H]3CC[C@]12C. The minimum Gasteiger partial charge on any atom is -0.394 e. The molecule has 4 rings (SSSR count). The lowest BCUT2D eigenvalue weighted by atomic mass is 9.47. The van der Waals surface area contributed by atoms with Gasteiger partial charge in [0.15, 0.2) is 0 Å². The number of allylic oxidation sites excluding steroid dienone is 1. The maximum absolute atomic E-state index is 9.14. The summed E-state index contributed by atoms with van der Waals surface area (Å²) in [7, 11) is 0. The van der Waals surface area contributed by atoms with E-state index < -0.39 is 0 Å². The summed E-state index contributed by atoms with van der Waals surface area (Å²) in [6, 6.07) is 0. The molecular formula is C29H50O2. The molecule has 0 saturated heterocycles. The first-order valence-corrected chi connectivity index (χ1v) is 13.7. The van der Waals surface area contributed by atoms with E-state index in [0.717, 1.165) is 41.9 Å². The molecule has 0 spiro atoms. The fourth-order valence-corrected chi connectivity index (χ4v) is 9.01. The highest BCUT2D eigenvalue weighted by atomic mass is 16.5. The van der Waals surface area contributed by atoms with Crippen LogP contribution >= 0.6 is 0 Å². The first-order chi connectivity index (χ1) is 14.8. The first-order valence-electron chi connectivity index (χ1n) is 13.7. The molecule has 0 aromatic rings. The van der Waals surface area contributed by atoms with E-state index in [2.05, 4.69) is 40.7 Å². The van der Waals surface area contributed by atoms with Crippen LogP contribution in [0.3, 0.4) is 0 Å². The van der Waals surface area contributed by atoms with E-state index in [-0.39, 0.29) is 6.61 Å². The second kappa shape index (κ2) is 9.49. The Morgan fingerprint density at radius 1 is 1.03 bits per heavy atom. The van der Waals surface area contributed by atoms with Crippen LogP contribution < -0.4 is 0 Å². The average molecular weight is 431 g/mol. The molecule has 0 bridgehead atoms. The Kier molecular flexibility index (Phi) is 7.29. The van der Waals surface area contributed by atoms with Gasteiger partial charge in [0.25, 0.3) is 0 Å². The monoisotopic (exact) mass is 430 g/mol. The fourth-order valence-electron chi connectivity index (χ4n) is 9.01. The zero-order valence-corrected chi connectivity index (χ0v) is 21.2. The van der Waals surface area contributed by atoms with Gasteiger partial charge in [0.05, 0.1) is 19.3 Å². The van der Waals surface area contributed by atoms with Gasteiger partial charge in [-0.05, 0) is 97.7 Å². The van der Waals surface area contributed by atoms with Crippen LogP contribution in [-0.4, -0.2) is 24.4 Å². The second-order valence-corrected chi connectivity index (χ2v) is 12.7. The van der Waals surface area contributed by atoms with Gasteiger partial charge >= 0.3 is 0 Å². The van der Waals surface area contributed by atoms with Crippen molar-refractivity contribution in [3.05, 3.63) is 11.6 Å². The minimum absolute atomic E-state index is 0.148. The molecule has 0 unspecified atom stereocenters. The van der Waals surface area contributed by atoms with Crippen LogP contribution in [0.25, 0.3) is 0 Å². The van der Waals surface area contributed by atoms with E-state index in [1.165, 1.54) is 64.2 Å². The molecule has 4 aliphatic carbocycles. The van der Waals surface area contributed by atoms with Gasteiger partial charge < -0.3 is 9.84 Å². The summed E-state index contributed by atoms with van der Waals surface area (Å²) in [4.78, 5) is 0. The predicted octanol–water partition coefficient (Wildman–Crippen LogP) is 7.41. The number of aliphatic hydroxyl groups is 1. The Labute approximate surface area is 192 Å². The van der Waals surface area contributed by atoms with Crippen LogP contribution in [0.15, 0.2) is 11.6 Å². The molecule has 3 fully saturated rings. The molecule has 0 aliphatic heterocycles. The standard InChI is InChI=1S/C29H50O2/c1-20(2)7-6-8-21(3)25-11-12-26-24-10-9-22-19-23(31-18-17-30)13-15-28(22,4)27(24)14-16-29(25,26)5/h9,20-21,23-27,30H,6-8,10-19H2,1-5H3/t21-,23+,24-,25-,26+,27-,28+,29-/m1/s1. The Morgan fingerprint density at radius 2 is 1.84 bits per heavy atom. The summed E-state index contributed by atoms with van der Waals surface area (Å²) < 4.78 is 5.94. The van der Waals surface area contributed by atoms with Crippen LogP contribution in [0, 0.1) is 46.3 Å². The minimum atomic E-state index is 0.148. The van der Waals surface area contributed by atoms with E-state index in [9.17, 15) is 0 Å². The van der Waals surface area contributed by atoms with E-state index in [1.807, 2.05) is 0 Å². The molecule has 0 aromatic heterocycles. The Hall–Kier alpha value is -0.340. The first kappa shape index (κ1) is 23.8. The topological polar surface area (TPSA) is 29.5 Å². The fraction of sp³-hybridized carbons (Fsp3) is 0.931. The summed E-state index contributed by atoms with van der Waals surface area (Å²) in [5.74, 6) is 5.44. The van der Waals surface area contributed by atoms with Gasteiger partial charge in [0.2, 0.25) is 0 Å². The molecule has 0 heterocycles. The van der Waals surface area contributed by atoms with Crippen molar-refractivity contribution in [2.24, 2.45) is 46.3 Å². The Morgan fingerprint density at radius 3 is 2.58 bits per heavy atom. The van der Waals surface area contributed by atoms with E-state index in [4.69, 9.17) is 9.84 Å². The van der Waals surface area contributed by atoms with Crippen molar-refractivity contribution < 1.29 is 9.84 Å². The van der Waals surface area contributed by atoms with Gasteiger partial charge in [0, 0.05) is 0 Å². The highest BCUT2D eigenvalue weighted by Crippen LogP contribution is 2.67. The van der Waals surface area contributed by atoms with Crippen molar-refractivity contribution in [2.75, 3.05) is 13.2 Å². The van der Waals surface area contributed by atoms with Crippen LogP contribution in [0.4, 0.5) is 0 Å². The lowest BCUT2D eigenvalue weighted by molar-refractivity contribution is -0.0658. The van der Waals surface area contributed by atoms with Crippen LogP contribution in [-0.2, 0) is 4.74 Å². The normalized spacial score (nSPS) is 43.2. The molecule has 3 saturated carbocycles. The van der Waals surface area contributed by atoms with Gasteiger partial charge in [-0.2, -0.15) is 0 Å². The summed E-state index contributed by atoms with van der Waals surface area (Å²) in [6.07, 6.45) is 18.0. The third kappa shape index (κ3) is 4.42. The van der Waals surface area contributed by atoms with Crippen molar-refractivity contribution in [2.45, 2.75) is 111 Å². The maximum atomic E-state index is 9.14. The van der Waals surface area contributed by atoms with Crippen LogP contribution in [0.5, 0.6) is 0 Å². The van der Waals surface area contributed by atoms with Crippen molar-refractivity contribution in [3.8, 4) is 0 Å². The summed E-state index contributed by atoms with van der Waals surface area (Å²) in [6.45, 7) is 13.3. The van der Waals surface area contributed by atoms with Crippen molar-refractivity contribution in [3.63, 3.8) is 0 Å². The molecule has 2 heteroatoms. The molecule has 1 N–H and O–H groups in total. The number of ether oxygens (including phenoxy) is 1. The maximum Gasteiger partial charge on any atom is 0.0701 e. The molecule has 4 aliphatic rings. The summed E-state index contributed by atoms with van der Waals surface area (Å²) in [5, 5.41) is 9.14. The predicted molar refractivity (Wildman–Crippen MR) is 130 cm³/mol. The van der Waals surface area contributed by atoms with Crippen LogP contribution in [0.2, 0.25) is 0 Å². The molecule has 31 heavy (non-hydrogen) atoms. The number of hydrogen-bond donors (Lipinski definition) is 1. The smallest absolute Gasteiger partial charge is 0.0701 e. The molecule has 2 nitrogen and oxygen atoms in total. The number of rotatable bonds is 8. The zero-order valence-electron chi connectivity index (χ0n) is 21.2.